The number of esters is 1. The molecule has 22 heteroatoms. The Labute approximate surface area is 422 Å². The zero-order valence-electron chi connectivity index (χ0n) is 40.4. The lowest BCUT2D eigenvalue weighted by Crippen LogP contribution is -2.49. The summed E-state index contributed by atoms with van der Waals surface area (Å²) >= 11 is 6.48. The number of carbonyl (C=O) groups is 3. The van der Waals surface area contributed by atoms with Gasteiger partial charge >= 0.3 is 11.9 Å². The van der Waals surface area contributed by atoms with Crippen LogP contribution in [0.5, 0.6) is 5.75 Å². The fraction of sp³-hybridized carbons (Fsp3) is 0.353. The van der Waals surface area contributed by atoms with Gasteiger partial charge in [0.2, 0.25) is 0 Å². The number of fused-ring (bicyclic) bond motifs is 9. The monoisotopic (exact) mass is 1010 g/mol. The molecule has 12 rings (SSSR count). The Hall–Kier alpha value is -7.88. The first-order valence-electron chi connectivity index (χ1n) is 23.9. The van der Waals surface area contributed by atoms with Gasteiger partial charge in [-0.15, -0.1) is 0 Å². The van der Waals surface area contributed by atoms with E-state index in [0.717, 1.165) is 93.7 Å². The molecule has 7 aromatic rings. The summed E-state index contributed by atoms with van der Waals surface area (Å²) in [7, 11) is 5.59. The summed E-state index contributed by atoms with van der Waals surface area (Å²) in [6.45, 7) is 5.31. The SMILES string of the molecule is CCOC(=O)C1=NOCc2c1ccc1c2cnn1C.Cn1ncc2c3c(ccc21)C(C(=O)N[C@H](CN1CCCC1)[C@H](O)c1ccc(OC2CC2)c(Cl)c1)=NOC3.Cn1ncc2c3c(ccc21)C(C(=O)O)=NOC3. The van der Waals surface area contributed by atoms with Crippen molar-refractivity contribution in [3.05, 3.63) is 117 Å². The minimum atomic E-state index is -1.09. The first-order chi connectivity index (χ1) is 35.4. The number of aliphatic hydroxyl groups is 1. The second kappa shape index (κ2) is 20.7. The van der Waals surface area contributed by atoms with Gasteiger partial charge in [-0.25, -0.2) is 9.59 Å². The van der Waals surface area contributed by atoms with E-state index in [1.54, 1.807) is 57.8 Å². The second-order valence-corrected chi connectivity index (χ2v) is 18.5. The molecule has 73 heavy (non-hydrogen) atoms. The highest BCUT2D eigenvalue weighted by molar-refractivity contribution is 6.46. The van der Waals surface area contributed by atoms with Crippen LogP contribution in [0.2, 0.25) is 5.02 Å². The van der Waals surface area contributed by atoms with E-state index in [9.17, 15) is 19.5 Å². The van der Waals surface area contributed by atoms with Crippen molar-refractivity contribution in [2.24, 2.45) is 36.6 Å². The van der Waals surface area contributed by atoms with Crippen molar-refractivity contribution < 1.29 is 48.6 Å². The van der Waals surface area contributed by atoms with E-state index < -0.39 is 30.0 Å². The van der Waals surface area contributed by atoms with Crippen LogP contribution >= 0.6 is 11.6 Å². The number of ether oxygens (including phenoxy) is 2. The van der Waals surface area contributed by atoms with E-state index in [-0.39, 0.29) is 36.5 Å². The number of nitrogens with zero attached hydrogens (tertiary/aromatic N) is 10. The molecule has 1 saturated carbocycles. The molecule has 0 spiro atoms. The van der Waals surface area contributed by atoms with Gasteiger partial charge in [-0.05, 0) is 99.8 Å². The number of hydrogen-bond acceptors (Lipinski definition) is 16. The fourth-order valence-electron chi connectivity index (χ4n) is 9.38. The average molecular weight is 1010 g/mol. The van der Waals surface area contributed by atoms with E-state index >= 15 is 0 Å². The summed E-state index contributed by atoms with van der Waals surface area (Å²) in [5.41, 5.74) is 8.55. The molecule has 4 aromatic carbocycles. The second-order valence-electron chi connectivity index (χ2n) is 18.1. The Morgan fingerprint density at radius 3 is 1.71 bits per heavy atom. The van der Waals surface area contributed by atoms with Gasteiger partial charge in [-0.1, -0.05) is 33.1 Å². The van der Waals surface area contributed by atoms with Gasteiger partial charge in [0.1, 0.15) is 31.7 Å². The molecule has 7 heterocycles. The predicted molar refractivity (Wildman–Crippen MR) is 268 cm³/mol. The number of carboxylic acid groups (broad SMARTS) is 1. The molecule has 1 amide bonds. The molecule has 5 aliphatic rings. The number of aliphatic hydroxyl groups excluding tert-OH is 1. The van der Waals surface area contributed by atoms with Gasteiger partial charge in [0, 0.05) is 77.2 Å². The van der Waals surface area contributed by atoms with Crippen LogP contribution in [-0.2, 0) is 74.6 Å². The van der Waals surface area contributed by atoms with Crippen molar-refractivity contribution in [1.82, 2.24) is 39.6 Å². The molecular formula is C51H52ClN11O10. The zero-order valence-corrected chi connectivity index (χ0v) is 41.2. The van der Waals surface area contributed by atoms with Crippen LogP contribution in [0.15, 0.2) is 88.7 Å². The van der Waals surface area contributed by atoms with Crippen LogP contribution in [0.25, 0.3) is 32.7 Å². The standard InChI is InChI=1S/C27H30ClN5O4.C13H13N3O3.C11H9N3O3/c1-32-23-8-7-18-20(19(23)13-29-32)15-36-31-25(18)27(35)30-22(14-33-10-2-3-11-33)26(34)16-4-9-24(21(28)12-16)37-17-5-6-17;1-3-18-13(17)12-8-4-5-11-9(6-14-16(11)2)10(8)7-19-15-12;1-14-9-3-2-6-8(7(9)4-12-14)5-17-13-10(6)11(15)16/h4,7-9,12-13,17,22,26,34H,2-3,5-6,10-11,14-15H2,1H3,(H,30,35);4-6H,3,7H2,1-2H3;2-4H,5H2,1H3,(H,15,16)/t22-,26-;;/m1../s1. The van der Waals surface area contributed by atoms with E-state index in [4.69, 9.17) is 40.7 Å². The summed E-state index contributed by atoms with van der Waals surface area (Å²) in [5.74, 6) is -1.33. The number of likely N-dealkylation sites (tertiary alicyclic amines) is 1. The number of rotatable bonds is 11. The maximum Gasteiger partial charge on any atom is 0.361 e. The quantitative estimate of drug-likeness (QED) is 0.134. The fourth-order valence-corrected chi connectivity index (χ4v) is 9.62. The van der Waals surface area contributed by atoms with E-state index in [1.165, 1.54) is 0 Å². The largest absolute Gasteiger partial charge is 0.489 e. The van der Waals surface area contributed by atoms with Gasteiger partial charge in [0.25, 0.3) is 5.91 Å². The van der Waals surface area contributed by atoms with Crippen molar-refractivity contribution in [2.45, 2.75) is 70.7 Å². The van der Waals surface area contributed by atoms with E-state index in [2.05, 4.69) is 41.0 Å². The third-order valence-electron chi connectivity index (χ3n) is 13.3. The highest BCUT2D eigenvalue weighted by atomic mass is 35.5. The topological polar surface area (TPSA) is 244 Å². The molecule has 2 atom stereocenters. The molecule has 0 unspecified atom stereocenters. The first kappa shape index (κ1) is 48.7. The molecule has 0 bridgehead atoms. The molecule has 378 valence electrons. The van der Waals surface area contributed by atoms with Crippen LogP contribution in [0.3, 0.4) is 0 Å². The van der Waals surface area contributed by atoms with Gasteiger partial charge in [-0.2, -0.15) is 15.3 Å². The number of carbonyl (C=O) groups excluding carboxylic acids is 2. The molecule has 0 radical (unpaired) electrons. The smallest absolute Gasteiger partial charge is 0.361 e. The maximum atomic E-state index is 13.6. The average Bonchev–Trinajstić information content (AvgIpc) is 3.68. The molecule has 21 nitrogen and oxygen atoms in total. The molecule has 2 fully saturated rings. The third-order valence-corrected chi connectivity index (χ3v) is 13.6. The molecule has 3 N–H and O–H groups in total. The lowest BCUT2D eigenvalue weighted by Gasteiger charge is -2.29. The van der Waals surface area contributed by atoms with Crippen LogP contribution in [0.4, 0.5) is 0 Å². The van der Waals surface area contributed by atoms with E-state index in [0.29, 0.717) is 47.2 Å². The Kier molecular flexibility index (Phi) is 13.8. The van der Waals surface area contributed by atoms with Crippen LogP contribution in [0, 0.1) is 0 Å². The molecular weight excluding hydrogens is 962 g/mol. The number of hydrogen-bond donors (Lipinski definition) is 3. The van der Waals surface area contributed by atoms with Gasteiger partial charge in [0.15, 0.2) is 17.1 Å². The molecule has 1 aliphatic carbocycles. The number of amides is 1. The maximum absolute atomic E-state index is 13.6. The lowest BCUT2D eigenvalue weighted by atomic mass is 9.97. The summed E-state index contributed by atoms with van der Waals surface area (Å²) in [6.07, 6.45) is 8.79. The third kappa shape index (κ3) is 9.90. The van der Waals surface area contributed by atoms with Crippen LogP contribution in [-0.4, -0.2) is 118 Å². The van der Waals surface area contributed by atoms with Gasteiger partial charge in [-0.3, -0.25) is 18.8 Å². The summed E-state index contributed by atoms with van der Waals surface area (Å²) in [6, 6.07) is 15.9. The number of halogens is 1. The summed E-state index contributed by atoms with van der Waals surface area (Å²) < 4.78 is 16.1. The normalized spacial score (nSPS) is 16.5. The molecule has 4 aliphatic heterocycles. The number of nitrogens with one attached hydrogen (secondary N) is 1. The Balaban J connectivity index is 0.000000141. The zero-order chi connectivity index (χ0) is 50.9. The van der Waals surface area contributed by atoms with Crippen molar-refractivity contribution in [3.63, 3.8) is 0 Å². The van der Waals surface area contributed by atoms with Gasteiger partial charge < -0.3 is 44.4 Å². The minimum Gasteiger partial charge on any atom is -0.489 e. The van der Waals surface area contributed by atoms with Crippen molar-refractivity contribution in [2.75, 3.05) is 26.2 Å². The number of aliphatic carboxylic acids is 1. The van der Waals surface area contributed by atoms with Crippen LogP contribution < -0.4 is 10.1 Å². The molecule has 3 aromatic heterocycles. The number of benzene rings is 4. The van der Waals surface area contributed by atoms with Gasteiger partial charge in [0.05, 0.1) is 58.9 Å². The van der Waals surface area contributed by atoms with Crippen molar-refractivity contribution in [1.29, 1.82) is 0 Å². The highest BCUT2D eigenvalue weighted by Gasteiger charge is 2.33. The minimum absolute atomic E-state index is 0.0583. The summed E-state index contributed by atoms with van der Waals surface area (Å²) in [4.78, 5) is 54.2. The Morgan fingerprint density at radius 2 is 1.22 bits per heavy atom. The first-order valence-corrected chi connectivity index (χ1v) is 24.3. The Bertz CT molecular complexity index is 3390. The summed E-state index contributed by atoms with van der Waals surface area (Å²) in [5, 5.41) is 50.9. The lowest BCUT2D eigenvalue weighted by molar-refractivity contribution is -0.135. The van der Waals surface area contributed by atoms with E-state index in [1.807, 2.05) is 57.5 Å². The van der Waals surface area contributed by atoms with Crippen molar-refractivity contribution >= 4 is 79.3 Å². The van der Waals surface area contributed by atoms with Crippen molar-refractivity contribution in [3.8, 4) is 5.75 Å². The number of carboxylic acids is 1. The number of oxime groups is 3. The highest BCUT2D eigenvalue weighted by Crippen LogP contribution is 2.35. The predicted octanol–water partition coefficient (Wildman–Crippen LogP) is 5.58. The number of aromatic nitrogens is 6. The molecule has 1 saturated heterocycles. The van der Waals surface area contributed by atoms with Crippen LogP contribution in [0.1, 0.15) is 77.7 Å². The Morgan fingerprint density at radius 1 is 0.726 bits per heavy atom. The number of aryl methyl sites for hydroxylation is 3.